The first-order valence-electron chi connectivity index (χ1n) is 7.68. The van der Waals surface area contributed by atoms with E-state index in [0.29, 0.717) is 19.0 Å². The minimum atomic E-state index is -0.563. The molecule has 0 radical (unpaired) electrons. The number of aliphatic imine (C=N–C) groups is 1. The van der Waals surface area contributed by atoms with Crippen LogP contribution in [-0.4, -0.2) is 29.6 Å². The summed E-state index contributed by atoms with van der Waals surface area (Å²) in [5, 5.41) is 19.0. The van der Waals surface area contributed by atoms with Gasteiger partial charge in [0.2, 0.25) is 0 Å². The fourth-order valence-corrected chi connectivity index (χ4v) is 4.12. The number of aryl methyl sites for hydroxylation is 1. The molecule has 126 valence electrons. The summed E-state index contributed by atoms with van der Waals surface area (Å²) in [6.45, 7) is 3.07. The molecule has 0 aliphatic rings. The van der Waals surface area contributed by atoms with Gasteiger partial charge in [0.15, 0.2) is 5.96 Å². The van der Waals surface area contributed by atoms with Gasteiger partial charge in [0, 0.05) is 34.2 Å². The van der Waals surface area contributed by atoms with Crippen LogP contribution in [0.1, 0.15) is 20.9 Å². The van der Waals surface area contributed by atoms with E-state index in [9.17, 15) is 5.11 Å². The Kier molecular flexibility index (Phi) is 5.44. The van der Waals surface area contributed by atoms with Crippen molar-refractivity contribution in [2.45, 2.75) is 19.6 Å². The predicted molar refractivity (Wildman–Crippen MR) is 102 cm³/mol. The second kappa shape index (κ2) is 7.74. The van der Waals surface area contributed by atoms with Crippen LogP contribution in [0, 0.1) is 6.92 Å². The molecule has 0 saturated carbocycles. The maximum Gasteiger partial charge on any atom is 0.191 e. The van der Waals surface area contributed by atoms with Gasteiger partial charge in [0.1, 0.15) is 6.10 Å². The molecule has 3 N–H and O–H groups in total. The van der Waals surface area contributed by atoms with Gasteiger partial charge >= 0.3 is 0 Å². The number of nitrogens with zero attached hydrogens (tertiary/aromatic N) is 2. The zero-order valence-corrected chi connectivity index (χ0v) is 15.2. The van der Waals surface area contributed by atoms with Crippen molar-refractivity contribution in [2.24, 2.45) is 4.99 Å². The number of aliphatic hydroxyl groups is 1. The van der Waals surface area contributed by atoms with Crippen molar-refractivity contribution in [3.8, 4) is 0 Å². The van der Waals surface area contributed by atoms with Gasteiger partial charge in [0.25, 0.3) is 0 Å². The number of aliphatic hydroxyl groups excluding tert-OH is 1. The Bertz CT molecular complexity index is 807. The van der Waals surface area contributed by atoms with Crippen LogP contribution < -0.4 is 10.6 Å². The number of guanidine groups is 1. The molecule has 0 spiro atoms. The third kappa shape index (κ3) is 4.11. The highest BCUT2D eigenvalue weighted by Crippen LogP contribution is 2.29. The molecule has 3 aromatic rings. The van der Waals surface area contributed by atoms with Gasteiger partial charge in [-0.05, 0) is 24.4 Å². The number of fused-ring (bicyclic) bond motifs is 1. The number of rotatable bonds is 5. The van der Waals surface area contributed by atoms with Crippen molar-refractivity contribution in [3.05, 3.63) is 51.3 Å². The van der Waals surface area contributed by atoms with Crippen molar-refractivity contribution in [1.29, 1.82) is 0 Å². The molecule has 7 heteroatoms. The summed E-state index contributed by atoms with van der Waals surface area (Å²) in [6.07, 6.45) is 1.30. The molecule has 0 fully saturated rings. The average molecular weight is 361 g/mol. The van der Waals surface area contributed by atoms with Crippen LogP contribution in [-0.2, 0) is 6.54 Å². The topological polar surface area (TPSA) is 69.5 Å². The van der Waals surface area contributed by atoms with E-state index in [4.69, 9.17) is 0 Å². The van der Waals surface area contributed by atoms with Crippen molar-refractivity contribution in [2.75, 3.05) is 13.6 Å². The Morgan fingerprint density at radius 3 is 2.83 bits per heavy atom. The van der Waals surface area contributed by atoms with Crippen LogP contribution in [0.25, 0.3) is 10.1 Å². The van der Waals surface area contributed by atoms with E-state index < -0.39 is 6.10 Å². The summed E-state index contributed by atoms with van der Waals surface area (Å²) in [7, 11) is 1.72. The number of hydrogen-bond donors (Lipinski definition) is 3. The maximum atomic E-state index is 10.4. The van der Waals surface area contributed by atoms with Crippen LogP contribution >= 0.6 is 22.7 Å². The number of nitrogens with one attached hydrogen (secondary N) is 2. The minimum absolute atomic E-state index is 0.411. The molecule has 3 rings (SSSR count). The third-order valence-electron chi connectivity index (χ3n) is 3.56. The van der Waals surface area contributed by atoms with Gasteiger partial charge in [-0.15, -0.1) is 22.7 Å². The Morgan fingerprint density at radius 2 is 2.12 bits per heavy atom. The Hall–Kier alpha value is -1.96. The van der Waals surface area contributed by atoms with Crippen LogP contribution in [0.15, 0.2) is 41.5 Å². The first-order chi connectivity index (χ1) is 11.7. The third-order valence-corrected chi connectivity index (χ3v) is 5.69. The number of benzene rings is 1. The van der Waals surface area contributed by atoms with Crippen LogP contribution in [0.4, 0.5) is 0 Å². The molecule has 1 unspecified atom stereocenters. The SMILES string of the molecule is CN=C(NCc1cnc(C)s1)NCC(O)c1cc2ccccc2s1. The smallest absolute Gasteiger partial charge is 0.191 e. The lowest BCUT2D eigenvalue weighted by molar-refractivity contribution is 0.184. The number of hydrogen-bond acceptors (Lipinski definition) is 5. The lowest BCUT2D eigenvalue weighted by Crippen LogP contribution is -2.38. The van der Waals surface area contributed by atoms with Crippen molar-refractivity contribution < 1.29 is 5.11 Å². The molecule has 0 saturated heterocycles. The average Bonchev–Trinajstić information content (AvgIpc) is 3.20. The van der Waals surface area contributed by atoms with Gasteiger partial charge in [0.05, 0.1) is 11.6 Å². The van der Waals surface area contributed by atoms with Crippen LogP contribution in [0.3, 0.4) is 0 Å². The molecule has 0 bridgehead atoms. The highest BCUT2D eigenvalue weighted by Gasteiger charge is 2.12. The molecule has 1 atom stereocenters. The lowest BCUT2D eigenvalue weighted by Gasteiger charge is -2.14. The zero-order chi connectivity index (χ0) is 16.9. The normalized spacial score (nSPS) is 13.2. The number of thiazole rings is 1. The molecule has 2 heterocycles. The molecule has 0 amide bonds. The van der Waals surface area contributed by atoms with E-state index in [1.165, 1.54) is 10.1 Å². The Balaban J connectivity index is 1.54. The molecular weight excluding hydrogens is 340 g/mol. The summed E-state index contributed by atoms with van der Waals surface area (Å²) in [4.78, 5) is 10.5. The van der Waals surface area contributed by atoms with E-state index >= 15 is 0 Å². The quantitative estimate of drug-likeness (QED) is 0.483. The number of aromatic nitrogens is 1. The Labute approximate surface area is 149 Å². The van der Waals surface area contributed by atoms with Gasteiger partial charge < -0.3 is 15.7 Å². The number of thiophene rings is 1. The minimum Gasteiger partial charge on any atom is -0.386 e. The second-order valence-corrected chi connectivity index (χ2v) is 7.79. The van der Waals surface area contributed by atoms with Gasteiger partial charge in [-0.25, -0.2) is 4.98 Å². The molecule has 0 aliphatic heterocycles. The fraction of sp³-hybridized carbons (Fsp3) is 0.294. The molecule has 1 aromatic carbocycles. The molecule has 2 aromatic heterocycles. The van der Waals surface area contributed by atoms with E-state index in [1.807, 2.05) is 31.3 Å². The fourth-order valence-electron chi connectivity index (χ4n) is 2.34. The summed E-state index contributed by atoms with van der Waals surface area (Å²) < 4.78 is 1.19. The highest BCUT2D eigenvalue weighted by molar-refractivity contribution is 7.19. The van der Waals surface area contributed by atoms with Crippen molar-refractivity contribution in [3.63, 3.8) is 0 Å². The summed E-state index contributed by atoms with van der Waals surface area (Å²) in [5.74, 6) is 0.668. The van der Waals surface area contributed by atoms with E-state index in [1.54, 1.807) is 29.7 Å². The van der Waals surface area contributed by atoms with Gasteiger partial charge in [-0.3, -0.25) is 4.99 Å². The van der Waals surface area contributed by atoms with Crippen LogP contribution in [0.2, 0.25) is 0 Å². The van der Waals surface area contributed by atoms with E-state index in [2.05, 4.69) is 32.7 Å². The molecule has 0 aliphatic carbocycles. The largest absolute Gasteiger partial charge is 0.386 e. The lowest BCUT2D eigenvalue weighted by atomic mass is 10.2. The first-order valence-corrected chi connectivity index (χ1v) is 9.31. The van der Waals surface area contributed by atoms with Crippen molar-refractivity contribution in [1.82, 2.24) is 15.6 Å². The summed E-state index contributed by atoms with van der Waals surface area (Å²) in [6, 6.07) is 10.2. The standard InChI is InChI=1S/C17H20N4OS2/c1-11-19-8-13(23-11)9-20-17(18-2)21-10-14(22)16-7-12-5-3-4-6-15(12)24-16/h3-8,14,22H,9-10H2,1-2H3,(H2,18,20,21). The molecule has 5 nitrogen and oxygen atoms in total. The maximum absolute atomic E-state index is 10.4. The predicted octanol–water partition coefficient (Wildman–Crippen LogP) is 3.06. The van der Waals surface area contributed by atoms with E-state index in [0.717, 1.165) is 14.8 Å². The summed E-state index contributed by atoms with van der Waals surface area (Å²) in [5.41, 5.74) is 0. The Morgan fingerprint density at radius 1 is 1.29 bits per heavy atom. The monoisotopic (exact) mass is 360 g/mol. The summed E-state index contributed by atoms with van der Waals surface area (Å²) >= 11 is 3.28. The highest BCUT2D eigenvalue weighted by atomic mass is 32.1. The molecule has 24 heavy (non-hydrogen) atoms. The van der Waals surface area contributed by atoms with Gasteiger partial charge in [-0.1, -0.05) is 18.2 Å². The van der Waals surface area contributed by atoms with Gasteiger partial charge in [-0.2, -0.15) is 0 Å². The first kappa shape index (κ1) is 16.9. The van der Waals surface area contributed by atoms with Crippen LogP contribution in [0.5, 0.6) is 0 Å². The zero-order valence-electron chi connectivity index (χ0n) is 13.6. The van der Waals surface area contributed by atoms with Crippen molar-refractivity contribution >= 4 is 38.7 Å². The molecular formula is C17H20N4OS2. The van der Waals surface area contributed by atoms with E-state index in [-0.39, 0.29) is 0 Å². The second-order valence-electron chi connectivity index (χ2n) is 5.35.